The van der Waals surface area contributed by atoms with Crippen molar-refractivity contribution in [3.05, 3.63) is 35.1 Å². The summed E-state index contributed by atoms with van der Waals surface area (Å²) in [6.45, 7) is 0.774. The van der Waals surface area contributed by atoms with Crippen molar-refractivity contribution in [2.45, 2.75) is 37.8 Å². The molecule has 10 heteroatoms. The molecular weight excluding hydrogens is 371 g/mol. The van der Waals surface area contributed by atoms with E-state index in [1.165, 1.54) is 0 Å². The number of likely N-dealkylation sites (tertiary alicyclic amines) is 1. The van der Waals surface area contributed by atoms with Gasteiger partial charge in [0.15, 0.2) is 11.6 Å². The van der Waals surface area contributed by atoms with Gasteiger partial charge in [0.05, 0.1) is 6.26 Å². The molecule has 0 saturated carbocycles. The number of rotatable bonds is 6. The maximum Gasteiger partial charge on any atom is 0.224 e. The van der Waals surface area contributed by atoms with E-state index in [-0.39, 0.29) is 30.4 Å². The molecule has 0 aliphatic carbocycles. The Morgan fingerprint density at radius 3 is 2.38 bits per heavy atom. The second kappa shape index (κ2) is 8.36. The number of benzene rings is 1. The number of nitrogens with one attached hydrogen (secondary N) is 1. The van der Waals surface area contributed by atoms with E-state index in [2.05, 4.69) is 4.72 Å². The predicted octanol–water partition coefficient (Wildman–Crippen LogP) is 0.904. The number of amides is 1. The molecule has 0 radical (unpaired) electrons. The molecule has 146 valence electrons. The number of hydrogen-bond donors (Lipinski definition) is 2. The number of piperidine rings is 1. The summed E-state index contributed by atoms with van der Waals surface area (Å²) < 4.78 is 64.7. The molecule has 0 spiro atoms. The largest absolute Gasteiger partial charge is 0.343 e. The molecule has 0 bridgehead atoms. The highest BCUT2D eigenvalue weighted by atomic mass is 32.2. The van der Waals surface area contributed by atoms with Crippen LogP contribution in [0.15, 0.2) is 12.1 Å². The second-order valence-electron chi connectivity index (χ2n) is 6.57. The molecule has 0 aromatic heterocycles. The molecule has 1 aliphatic heterocycles. The number of nitrogens with two attached hydrogens (primary N) is 1. The van der Waals surface area contributed by atoms with Gasteiger partial charge >= 0.3 is 0 Å². The van der Waals surface area contributed by atoms with Crippen LogP contribution in [-0.2, 0) is 21.2 Å². The quantitative estimate of drug-likeness (QED) is 0.703. The fourth-order valence-corrected chi connectivity index (χ4v) is 3.82. The maximum atomic E-state index is 13.6. The van der Waals surface area contributed by atoms with Gasteiger partial charge in [0, 0.05) is 37.7 Å². The summed E-state index contributed by atoms with van der Waals surface area (Å²) in [5.41, 5.74) is 5.78. The number of carbonyl (C=O) groups is 1. The van der Waals surface area contributed by atoms with E-state index < -0.39 is 33.5 Å². The van der Waals surface area contributed by atoms with Crippen LogP contribution in [-0.4, -0.2) is 50.7 Å². The molecule has 2 rings (SSSR count). The maximum absolute atomic E-state index is 13.6. The Balaban J connectivity index is 1.85. The van der Waals surface area contributed by atoms with Gasteiger partial charge in [-0.25, -0.2) is 26.3 Å². The zero-order valence-corrected chi connectivity index (χ0v) is 15.2. The summed E-state index contributed by atoms with van der Waals surface area (Å²) in [5, 5.41) is 0. The molecule has 1 aromatic rings. The lowest BCUT2D eigenvalue weighted by molar-refractivity contribution is -0.132. The third kappa shape index (κ3) is 5.96. The average molecular weight is 393 g/mol. The van der Waals surface area contributed by atoms with E-state index in [4.69, 9.17) is 5.73 Å². The van der Waals surface area contributed by atoms with Gasteiger partial charge in [-0.3, -0.25) is 4.79 Å². The predicted molar refractivity (Wildman–Crippen MR) is 90.2 cm³/mol. The van der Waals surface area contributed by atoms with Crippen molar-refractivity contribution in [2.75, 3.05) is 19.3 Å². The Hall–Kier alpha value is -1.65. The Morgan fingerprint density at radius 1 is 1.23 bits per heavy atom. The molecule has 1 aliphatic rings. The zero-order valence-electron chi connectivity index (χ0n) is 14.3. The standard InChI is InChI=1S/C16H22F3N3O3S/c1-26(24,25)21-12-2-4-22(5-3-12)16(23)8-11(20)6-10-7-14(18)15(19)9-13(10)17/h7,9,11-12,21H,2-6,8,20H2,1H3/t11-/m1/s1. The van der Waals surface area contributed by atoms with E-state index in [1.807, 2.05) is 0 Å². The SMILES string of the molecule is CS(=O)(=O)NC1CCN(C(=O)C[C@H](N)Cc2cc(F)c(F)cc2F)CC1. The highest BCUT2D eigenvalue weighted by Crippen LogP contribution is 2.17. The minimum Gasteiger partial charge on any atom is -0.343 e. The molecule has 0 unspecified atom stereocenters. The van der Waals surface area contributed by atoms with E-state index >= 15 is 0 Å². The van der Waals surface area contributed by atoms with Gasteiger partial charge in [-0.2, -0.15) is 0 Å². The molecule has 1 atom stereocenters. The molecule has 1 aromatic carbocycles. The van der Waals surface area contributed by atoms with Crippen LogP contribution >= 0.6 is 0 Å². The molecule has 1 fully saturated rings. The Bertz CT molecular complexity index is 765. The van der Waals surface area contributed by atoms with Gasteiger partial charge in [0.25, 0.3) is 0 Å². The van der Waals surface area contributed by atoms with Crippen molar-refractivity contribution in [3.63, 3.8) is 0 Å². The number of sulfonamides is 1. The first kappa shape index (κ1) is 20.7. The monoisotopic (exact) mass is 393 g/mol. The van der Waals surface area contributed by atoms with Crippen LogP contribution in [0, 0.1) is 17.5 Å². The van der Waals surface area contributed by atoms with Crippen molar-refractivity contribution in [2.24, 2.45) is 5.73 Å². The van der Waals surface area contributed by atoms with Crippen molar-refractivity contribution in [1.82, 2.24) is 9.62 Å². The van der Waals surface area contributed by atoms with E-state index in [9.17, 15) is 26.4 Å². The number of hydrogen-bond acceptors (Lipinski definition) is 4. The highest BCUT2D eigenvalue weighted by Gasteiger charge is 2.25. The zero-order chi connectivity index (χ0) is 19.5. The molecule has 26 heavy (non-hydrogen) atoms. The van der Waals surface area contributed by atoms with Gasteiger partial charge < -0.3 is 10.6 Å². The first-order valence-corrected chi connectivity index (χ1v) is 10.1. The van der Waals surface area contributed by atoms with Crippen molar-refractivity contribution in [3.8, 4) is 0 Å². The fourth-order valence-electron chi connectivity index (χ4n) is 2.98. The third-order valence-electron chi connectivity index (χ3n) is 4.24. The van der Waals surface area contributed by atoms with Crippen LogP contribution in [0.4, 0.5) is 13.2 Å². The van der Waals surface area contributed by atoms with Gasteiger partial charge in [0.2, 0.25) is 15.9 Å². The number of nitrogens with zero attached hydrogens (tertiary/aromatic N) is 1. The van der Waals surface area contributed by atoms with Crippen molar-refractivity contribution in [1.29, 1.82) is 0 Å². The van der Waals surface area contributed by atoms with E-state index in [0.717, 1.165) is 12.3 Å². The molecular formula is C16H22F3N3O3S. The summed E-state index contributed by atoms with van der Waals surface area (Å²) in [6.07, 6.45) is 1.90. The third-order valence-corrected chi connectivity index (χ3v) is 5.00. The van der Waals surface area contributed by atoms with Crippen LogP contribution < -0.4 is 10.5 Å². The molecule has 1 amide bonds. The Labute approximate surface area is 150 Å². The van der Waals surface area contributed by atoms with Gasteiger partial charge in [0.1, 0.15) is 5.82 Å². The summed E-state index contributed by atoms with van der Waals surface area (Å²) in [7, 11) is -3.29. The smallest absolute Gasteiger partial charge is 0.224 e. The minimum absolute atomic E-state index is 0.0669. The molecule has 3 N–H and O–H groups in total. The van der Waals surface area contributed by atoms with E-state index in [0.29, 0.717) is 32.0 Å². The summed E-state index contributed by atoms with van der Waals surface area (Å²) in [6, 6.07) is 0.253. The first-order chi connectivity index (χ1) is 12.0. The van der Waals surface area contributed by atoms with E-state index in [1.54, 1.807) is 4.90 Å². The lowest BCUT2D eigenvalue weighted by atomic mass is 10.0. The van der Waals surface area contributed by atoms with Crippen molar-refractivity contribution >= 4 is 15.9 Å². The topological polar surface area (TPSA) is 92.5 Å². The van der Waals surface area contributed by atoms with Gasteiger partial charge in [-0.05, 0) is 30.9 Å². The van der Waals surface area contributed by atoms with Crippen LogP contribution in [0.25, 0.3) is 0 Å². The van der Waals surface area contributed by atoms with Crippen LogP contribution in [0.1, 0.15) is 24.8 Å². The number of carbonyl (C=O) groups excluding carboxylic acids is 1. The van der Waals surface area contributed by atoms with Crippen molar-refractivity contribution < 1.29 is 26.4 Å². The summed E-state index contributed by atoms with van der Waals surface area (Å²) in [4.78, 5) is 13.8. The molecule has 1 saturated heterocycles. The highest BCUT2D eigenvalue weighted by molar-refractivity contribution is 7.88. The molecule has 6 nitrogen and oxygen atoms in total. The Morgan fingerprint density at radius 2 is 1.81 bits per heavy atom. The Kier molecular flexibility index (Phi) is 6.64. The average Bonchev–Trinajstić information content (AvgIpc) is 2.51. The summed E-state index contributed by atoms with van der Waals surface area (Å²) >= 11 is 0. The van der Waals surface area contributed by atoms with Crippen LogP contribution in [0.5, 0.6) is 0 Å². The first-order valence-electron chi connectivity index (χ1n) is 8.19. The normalized spacial score (nSPS) is 17.3. The van der Waals surface area contributed by atoms with Crippen LogP contribution in [0.3, 0.4) is 0 Å². The number of halogens is 3. The molecule has 1 heterocycles. The summed E-state index contributed by atoms with van der Waals surface area (Å²) in [5.74, 6) is -3.58. The lowest BCUT2D eigenvalue weighted by Gasteiger charge is -2.32. The van der Waals surface area contributed by atoms with Gasteiger partial charge in [-0.1, -0.05) is 0 Å². The second-order valence-corrected chi connectivity index (χ2v) is 8.35. The minimum atomic E-state index is -3.29. The lowest BCUT2D eigenvalue weighted by Crippen LogP contribution is -2.47. The van der Waals surface area contributed by atoms with Crippen LogP contribution in [0.2, 0.25) is 0 Å². The fraction of sp³-hybridized carbons (Fsp3) is 0.562. The van der Waals surface area contributed by atoms with Gasteiger partial charge in [-0.15, -0.1) is 0 Å².